The lowest BCUT2D eigenvalue weighted by Crippen LogP contribution is -2.14. The third-order valence-electron chi connectivity index (χ3n) is 3.75. The number of esters is 1. The molecule has 2 rings (SSSR count). The summed E-state index contributed by atoms with van der Waals surface area (Å²) in [5.41, 5.74) is -0.132. The molecule has 32 heavy (non-hydrogen) atoms. The first-order chi connectivity index (χ1) is 15.2. The Kier molecular flexibility index (Phi) is 8.59. The maximum absolute atomic E-state index is 12.7. The van der Waals surface area contributed by atoms with Crippen molar-refractivity contribution in [2.45, 2.75) is 20.1 Å². The summed E-state index contributed by atoms with van der Waals surface area (Å²) >= 11 is 0. The number of halogens is 4. The van der Waals surface area contributed by atoms with Crippen LogP contribution in [0.5, 0.6) is 11.5 Å². The van der Waals surface area contributed by atoms with Crippen LogP contribution in [0.2, 0.25) is 0 Å². The van der Waals surface area contributed by atoms with Crippen molar-refractivity contribution < 1.29 is 41.4 Å². The zero-order chi connectivity index (χ0) is 23.7. The van der Waals surface area contributed by atoms with E-state index in [0.29, 0.717) is 0 Å². The van der Waals surface area contributed by atoms with Crippen LogP contribution in [-0.2, 0) is 9.53 Å². The number of carbonyl (C=O) groups excluding carboxylic acids is 2. The highest BCUT2D eigenvalue weighted by Gasteiger charge is 2.16. The third kappa shape index (κ3) is 7.02. The van der Waals surface area contributed by atoms with Gasteiger partial charge < -0.3 is 19.5 Å². The van der Waals surface area contributed by atoms with Gasteiger partial charge in [0.15, 0.2) is 0 Å². The van der Waals surface area contributed by atoms with Gasteiger partial charge in [-0.2, -0.15) is 22.8 Å². The molecule has 0 unspecified atom stereocenters. The first kappa shape index (κ1) is 24.2. The number of ether oxygens (including phenoxy) is 3. The Labute approximate surface area is 179 Å². The zero-order valence-electron chi connectivity index (χ0n) is 16.5. The molecule has 2 aromatic carbocycles. The molecule has 0 aliphatic heterocycles. The number of nitrogens with one attached hydrogen (secondary N) is 1. The number of benzene rings is 2. The number of nitrogens with zero attached hydrogens (tertiary/aromatic N) is 1. The number of rotatable bonds is 9. The van der Waals surface area contributed by atoms with E-state index in [9.17, 15) is 32.4 Å². The number of anilines is 1. The largest absolute Gasteiger partial charge is 0.462 e. The van der Waals surface area contributed by atoms with Crippen molar-refractivity contribution in [1.29, 1.82) is 5.26 Å². The van der Waals surface area contributed by atoms with Crippen LogP contribution in [0, 0.1) is 11.3 Å². The molecule has 168 valence electrons. The predicted octanol–water partition coefficient (Wildman–Crippen LogP) is 4.61. The summed E-state index contributed by atoms with van der Waals surface area (Å²) < 4.78 is 63.3. The van der Waals surface area contributed by atoms with Crippen molar-refractivity contribution >= 4 is 23.6 Å². The smallest absolute Gasteiger partial charge is 0.387 e. The molecule has 11 heteroatoms. The summed E-state index contributed by atoms with van der Waals surface area (Å²) in [5, 5.41) is 11.7. The number of alkyl halides is 4. The average molecular weight is 452 g/mol. The zero-order valence-corrected chi connectivity index (χ0v) is 16.5. The summed E-state index contributed by atoms with van der Waals surface area (Å²) in [6.07, 6.45) is 0.951. The van der Waals surface area contributed by atoms with E-state index < -0.39 is 42.2 Å². The fourth-order valence-corrected chi connectivity index (χ4v) is 2.41. The Morgan fingerprint density at radius 2 is 1.72 bits per heavy atom. The maximum Gasteiger partial charge on any atom is 0.387 e. The maximum atomic E-state index is 12.7. The van der Waals surface area contributed by atoms with Gasteiger partial charge in [0.1, 0.15) is 23.1 Å². The average Bonchev–Trinajstić information content (AvgIpc) is 2.73. The summed E-state index contributed by atoms with van der Waals surface area (Å²) in [6.45, 7) is -4.63. The predicted molar refractivity (Wildman–Crippen MR) is 104 cm³/mol. The highest BCUT2D eigenvalue weighted by molar-refractivity contribution is 6.10. The molecule has 0 heterocycles. The molecule has 0 fully saturated rings. The number of hydrogen-bond donors (Lipinski definition) is 1. The molecule has 0 radical (unpaired) electrons. The van der Waals surface area contributed by atoms with Gasteiger partial charge in [-0.15, -0.1) is 0 Å². The van der Waals surface area contributed by atoms with Gasteiger partial charge >= 0.3 is 19.2 Å². The van der Waals surface area contributed by atoms with E-state index in [-0.39, 0.29) is 23.4 Å². The van der Waals surface area contributed by atoms with Crippen LogP contribution >= 0.6 is 0 Å². The quantitative estimate of drug-likeness (QED) is 0.258. The van der Waals surface area contributed by atoms with Gasteiger partial charge in [-0.05, 0) is 49.4 Å². The summed E-state index contributed by atoms with van der Waals surface area (Å²) in [4.78, 5) is 24.1. The Balaban J connectivity index is 2.25. The second kappa shape index (κ2) is 11.4. The van der Waals surface area contributed by atoms with E-state index in [2.05, 4.69) is 14.8 Å². The highest BCUT2D eigenvalue weighted by atomic mass is 19.3. The van der Waals surface area contributed by atoms with Crippen LogP contribution in [0.15, 0.2) is 48.0 Å². The molecular formula is C21H16F4N2O5. The second-order valence-corrected chi connectivity index (χ2v) is 5.88. The molecule has 0 saturated carbocycles. The van der Waals surface area contributed by atoms with Gasteiger partial charge in [0.2, 0.25) is 0 Å². The lowest BCUT2D eigenvalue weighted by molar-refractivity contribution is -0.112. The van der Waals surface area contributed by atoms with Gasteiger partial charge in [-0.25, -0.2) is 4.79 Å². The molecule has 0 spiro atoms. The fourth-order valence-electron chi connectivity index (χ4n) is 2.41. The van der Waals surface area contributed by atoms with Crippen LogP contribution in [-0.4, -0.2) is 31.7 Å². The number of nitriles is 1. The molecule has 0 aliphatic carbocycles. The lowest BCUT2D eigenvalue weighted by Gasteiger charge is -2.11. The standard InChI is InChI=1S/C21H16F4N2O5/c1-2-30-19(29)12-3-6-15(7-4-12)27-18(28)14(11-26)9-13-5-8-16(31-20(22)23)10-17(13)32-21(24)25/h3-10,20-21H,2H2,1H3,(H,27,28)/b14-9+. The molecule has 2 aromatic rings. The van der Waals surface area contributed by atoms with Crippen molar-refractivity contribution in [2.75, 3.05) is 11.9 Å². The first-order valence-electron chi connectivity index (χ1n) is 8.97. The number of hydrogen-bond acceptors (Lipinski definition) is 6. The molecular weight excluding hydrogens is 436 g/mol. The van der Waals surface area contributed by atoms with Gasteiger partial charge in [-0.3, -0.25) is 4.79 Å². The second-order valence-electron chi connectivity index (χ2n) is 5.88. The molecule has 1 N–H and O–H groups in total. The SMILES string of the molecule is CCOC(=O)c1ccc(NC(=O)/C(C#N)=C/c2ccc(OC(F)F)cc2OC(F)F)cc1. The Morgan fingerprint density at radius 3 is 2.28 bits per heavy atom. The van der Waals surface area contributed by atoms with Crippen LogP contribution in [0.3, 0.4) is 0 Å². The topological polar surface area (TPSA) is 97.7 Å². The number of amides is 1. The van der Waals surface area contributed by atoms with E-state index in [1.807, 2.05) is 0 Å². The van der Waals surface area contributed by atoms with E-state index in [1.54, 1.807) is 13.0 Å². The van der Waals surface area contributed by atoms with E-state index in [1.165, 1.54) is 24.3 Å². The molecule has 1 amide bonds. The molecule has 0 aliphatic rings. The summed E-state index contributed by atoms with van der Waals surface area (Å²) in [7, 11) is 0. The van der Waals surface area contributed by atoms with Crippen LogP contribution in [0.25, 0.3) is 6.08 Å². The minimum atomic E-state index is -3.29. The molecule has 0 bridgehead atoms. The minimum Gasteiger partial charge on any atom is -0.462 e. The van der Waals surface area contributed by atoms with E-state index in [4.69, 9.17) is 4.74 Å². The fraction of sp³-hybridized carbons (Fsp3) is 0.190. The van der Waals surface area contributed by atoms with Gasteiger partial charge in [-0.1, -0.05) is 0 Å². The van der Waals surface area contributed by atoms with Crippen LogP contribution in [0.4, 0.5) is 23.2 Å². The summed E-state index contributed by atoms with van der Waals surface area (Å²) in [6, 6.07) is 10.1. The lowest BCUT2D eigenvalue weighted by atomic mass is 10.1. The molecule has 0 aromatic heterocycles. The van der Waals surface area contributed by atoms with Crippen molar-refractivity contribution in [1.82, 2.24) is 0 Å². The van der Waals surface area contributed by atoms with E-state index >= 15 is 0 Å². The van der Waals surface area contributed by atoms with Crippen LogP contribution < -0.4 is 14.8 Å². The van der Waals surface area contributed by atoms with Crippen molar-refractivity contribution in [3.05, 3.63) is 59.2 Å². The van der Waals surface area contributed by atoms with Crippen molar-refractivity contribution in [2.24, 2.45) is 0 Å². The number of carbonyl (C=O) groups is 2. The summed E-state index contributed by atoms with van der Waals surface area (Å²) in [5.74, 6) is -2.45. The normalized spacial score (nSPS) is 11.1. The van der Waals surface area contributed by atoms with Gasteiger partial charge in [0, 0.05) is 17.3 Å². The van der Waals surface area contributed by atoms with Crippen molar-refractivity contribution in [3.8, 4) is 17.6 Å². The van der Waals surface area contributed by atoms with Crippen molar-refractivity contribution in [3.63, 3.8) is 0 Å². The monoisotopic (exact) mass is 452 g/mol. The minimum absolute atomic E-state index is 0.142. The Morgan fingerprint density at radius 1 is 1.06 bits per heavy atom. The highest BCUT2D eigenvalue weighted by Crippen LogP contribution is 2.29. The molecule has 7 nitrogen and oxygen atoms in total. The van der Waals surface area contributed by atoms with Gasteiger partial charge in [0.25, 0.3) is 5.91 Å². The Bertz CT molecular complexity index is 1030. The molecule has 0 atom stereocenters. The third-order valence-corrected chi connectivity index (χ3v) is 3.75. The van der Waals surface area contributed by atoms with E-state index in [0.717, 1.165) is 24.3 Å². The van der Waals surface area contributed by atoms with Gasteiger partial charge in [0.05, 0.1) is 12.2 Å². The van der Waals surface area contributed by atoms with Crippen LogP contribution in [0.1, 0.15) is 22.8 Å². The first-order valence-corrected chi connectivity index (χ1v) is 8.97. The molecule has 0 saturated heterocycles. The Hall–Kier alpha value is -4.07.